The Kier molecular flexibility index (Phi) is 3.27. The van der Waals surface area contributed by atoms with Crippen LogP contribution < -0.4 is 16.6 Å². The van der Waals surface area contributed by atoms with E-state index < -0.39 is 0 Å². The number of aryl methyl sites for hydroxylation is 1. The molecule has 0 saturated carbocycles. The summed E-state index contributed by atoms with van der Waals surface area (Å²) in [6.45, 7) is 0.657. The standard InChI is InChI=1S/C7H14N6/c1-9-7(12-8)10-3-6-4-11-13(2)5-6/h4-5H,3,8H2,1-2H3,(H2,9,10,12). The molecule has 0 aromatic carbocycles. The molecule has 1 aromatic heterocycles. The molecule has 0 amide bonds. The second kappa shape index (κ2) is 4.46. The summed E-state index contributed by atoms with van der Waals surface area (Å²) in [5, 5.41) is 7.04. The molecule has 0 atom stereocenters. The van der Waals surface area contributed by atoms with Crippen LogP contribution in [0.4, 0.5) is 0 Å². The van der Waals surface area contributed by atoms with Gasteiger partial charge in [0.25, 0.3) is 0 Å². The van der Waals surface area contributed by atoms with Crippen LogP contribution in [-0.4, -0.2) is 22.8 Å². The molecule has 13 heavy (non-hydrogen) atoms. The smallest absolute Gasteiger partial charge is 0.205 e. The highest BCUT2D eigenvalue weighted by Gasteiger charge is 1.97. The number of guanidine groups is 1. The predicted octanol–water partition coefficient (Wildman–Crippen LogP) is -1.04. The third-order valence-corrected chi connectivity index (χ3v) is 1.58. The summed E-state index contributed by atoms with van der Waals surface area (Å²) in [4.78, 5) is 3.87. The maximum atomic E-state index is 5.19. The van der Waals surface area contributed by atoms with Crippen molar-refractivity contribution < 1.29 is 0 Å². The third-order valence-electron chi connectivity index (χ3n) is 1.58. The molecule has 0 radical (unpaired) electrons. The van der Waals surface area contributed by atoms with Crippen LogP contribution in [0.15, 0.2) is 17.4 Å². The van der Waals surface area contributed by atoms with Crippen LogP contribution in [0.3, 0.4) is 0 Å². The van der Waals surface area contributed by atoms with Gasteiger partial charge in [0, 0.05) is 32.4 Å². The first-order valence-corrected chi connectivity index (χ1v) is 3.91. The Hall–Kier alpha value is -1.56. The molecule has 0 saturated heterocycles. The van der Waals surface area contributed by atoms with Crippen LogP contribution in [0.25, 0.3) is 0 Å². The molecule has 72 valence electrons. The fraction of sp³-hybridized carbons (Fsp3) is 0.429. The quantitative estimate of drug-likeness (QED) is 0.236. The second-order valence-electron chi connectivity index (χ2n) is 2.59. The van der Waals surface area contributed by atoms with Crippen molar-refractivity contribution in [2.45, 2.75) is 6.54 Å². The monoisotopic (exact) mass is 182 g/mol. The number of nitrogens with two attached hydrogens (primary N) is 1. The van der Waals surface area contributed by atoms with Gasteiger partial charge in [0.1, 0.15) is 0 Å². The second-order valence-corrected chi connectivity index (χ2v) is 2.59. The predicted molar refractivity (Wildman–Crippen MR) is 50.7 cm³/mol. The van der Waals surface area contributed by atoms with Crippen molar-refractivity contribution in [1.82, 2.24) is 20.5 Å². The van der Waals surface area contributed by atoms with Gasteiger partial charge >= 0.3 is 0 Å². The largest absolute Gasteiger partial charge is 0.351 e. The van der Waals surface area contributed by atoms with Crippen LogP contribution in [0.2, 0.25) is 0 Å². The van der Waals surface area contributed by atoms with Crippen molar-refractivity contribution in [2.24, 2.45) is 17.9 Å². The zero-order valence-corrected chi connectivity index (χ0v) is 7.78. The van der Waals surface area contributed by atoms with E-state index in [2.05, 4.69) is 20.8 Å². The Balaban J connectivity index is 2.43. The zero-order chi connectivity index (χ0) is 9.68. The van der Waals surface area contributed by atoms with Crippen molar-refractivity contribution in [2.75, 3.05) is 7.05 Å². The number of hydrogen-bond acceptors (Lipinski definition) is 3. The van der Waals surface area contributed by atoms with Gasteiger partial charge in [0.2, 0.25) is 5.96 Å². The minimum absolute atomic E-state index is 0.559. The van der Waals surface area contributed by atoms with Crippen LogP contribution in [0, 0.1) is 0 Å². The van der Waals surface area contributed by atoms with Crippen LogP contribution in [0.5, 0.6) is 0 Å². The van der Waals surface area contributed by atoms with Gasteiger partial charge in [-0.1, -0.05) is 0 Å². The molecule has 0 bridgehead atoms. The van der Waals surface area contributed by atoms with Gasteiger partial charge in [0.05, 0.1) is 6.20 Å². The first-order chi connectivity index (χ1) is 6.26. The van der Waals surface area contributed by atoms with Crippen molar-refractivity contribution in [3.05, 3.63) is 18.0 Å². The van der Waals surface area contributed by atoms with E-state index in [-0.39, 0.29) is 0 Å². The SMILES string of the molecule is CN=C(NN)NCc1cnn(C)c1. The third kappa shape index (κ3) is 2.75. The summed E-state index contributed by atoms with van der Waals surface area (Å²) >= 11 is 0. The van der Waals surface area contributed by atoms with Gasteiger partial charge in [0.15, 0.2) is 0 Å². The lowest BCUT2D eigenvalue weighted by molar-refractivity contribution is 0.765. The number of hydrogen-bond donors (Lipinski definition) is 3. The number of nitrogens with zero attached hydrogens (tertiary/aromatic N) is 3. The van der Waals surface area contributed by atoms with Crippen LogP contribution >= 0.6 is 0 Å². The molecule has 0 aliphatic rings. The maximum Gasteiger partial charge on any atom is 0.205 e. The number of rotatable bonds is 2. The lowest BCUT2D eigenvalue weighted by Crippen LogP contribution is -2.40. The Morgan fingerprint density at radius 2 is 2.54 bits per heavy atom. The molecule has 6 nitrogen and oxygen atoms in total. The molecule has 6 heteroatoms. The van der Waals surface area contributed by atoms with E-state index >= 15 is 0 Å². The van der Waals surface area contributed by atoms with Gasteiger partial charge in [-0.3, -0.25) is 15.1 Å². The highest BCUT2D eigenvalue weighted by molar-refractivity contribution is 5.78. The number of aliphatic imine (C=N–C) groups is 1. The molecule has 1 rings (SSSR count). The van der Waals surface area contributed by atoms with Crippen molar-refractivity contribution in [1.29, 1.82) is 0 Å². The molecule has 1 heterocycles. The lowest BCUT2D eigenvalue weighted by Gasteiger charge is -2.05. The van der Waals surface area contributed by atoms with E-state index in [1.807, 2.05) is 13.2 Å². The molecule has 4 N–H and O–H groups in total. The molecule has 0 aliphatic heterocycles. The van der Waals surface area contributed by atoms with Crippen LogP contribution in [-0.2, 0) is 13.6 Å². The average Bonchev–Trinajstić information content (AvgIpc) is 2.53. The summed E-state index contributed by atoms with van der Waals surface area (Å²) in [5.41, 5.74) is 3.52. The fourth-order valence-corrected chi connectivity index (χ4v) is 0.944. The summed E-state index contributed by atoms with van der Waals surface area (Å²) in [7, 11) is 3.53. The zero-order valence-electron chi connectivity index (χ0n) is 7.78. The summed E-state index contributed by atoms with van der Waals surface area (Å²) in [6, 6.07) is 0. The van der Waals surface area contributed by atoms with E-state index in [4.69, 9.17) is 5.84 Å². The van der Waals surface area contributed by atoms with Crippen molar-refractivity contribution >= 4 is 5.96 Å². The molecular formula is C7H14N6. The van der Waals surface area contributed by atoms with Gasteiger partial charge in [-0.05, 0) is 0 Å². The van der Waals surface area contributed by atoms with Gasteiger partial charge in [-0.2, -0.15) is 5.10 Å². The molecule has 1 aromatic rings. The summed E-state index contributed by atoms with van der Waals surface area (Å²) in [5.74, 6) is 5.75. The lowest BCUT2D eigenvalue weighted by atomic mass is 10.4. The topological polar surface area (TPSA) is 80.3 Å². The minimum atomic E-state index is 0.559. The Labute approximate surface area is 76.8 Å². The van der Waals surface area contributed by atoms with Crippen LogP contribution in [0.1, 0.15) is 5.56 Å². The first-order valence-electron chi connectivity index (χ1n) is 3.91. The van der Waals surface area contributed by atoms with Gasteiger partial charge in [-0.25, -0.2) is 5.84 Å². The normalized spacial score (nSPS) is 11.5. The molecular weight excluding hydrogens is 168 g/mol. The molecule has 0 spiro atoms. The highest BCUT2D eigenvalue weighted by Crippen LogP contribution is 1.94. The molecule has 0 unspecified atom stereocenters. The number of nitrogens with one attached hydrogen (secondary N) is 2. The van der Waals surface area contributed by atoms with E-state index in [1.165, 1.54) is 0 Å². The van der Waals surface area contributed by atoms with E-state index in [1.54, 1.807) is 17.9 Å². The van der Waals surface area contributed by atoms with Gasteiger partial charge < -0.3 is 5.32 Å². The Morgan fingerprint density at radius 3 is 3.00 bits per heavy atom. The van der Waals surface area contributed by atoms with E-state index in [9.17, 15) is 0 Å². The average molecular weight is 182 g/mol. The van der Waals surface area contributed by atoms with Gasteiger partial charge in [-0.15, -0.1) is 0 Å². The minimum Gasteiger partial charge on any atom is -0.351 e. The number of aromatic nitrogens is 2. The van der Waals surface area contributed by atoms with Crippen molar-refractivity contribution in [3.63, 3.8) is 0 Å². The Bertz CT molecular complexity index is 289. The maximum absolute atomic E-state index is 5.19. The van der Waals surface area contributed by atoms with Crippen molar-refractivity contribution in [3.8, 4) is 0 Å². The summed E-state index contributed by atoms with van der Waals surface area (Å²) in [6.07, 6.45) is 3.72. The Morgan fingerprint density at radius 1 is 1.77 bits per heavy atom. The molecule has 0 aliphatic carbocycles. The number of hydrazine groups is 1. The highest BCUT2D eigenvalue weighted by atomic mass is 15.3. The first kappa shape index (κ1) is 9.53. The molecule has 0 fully saturated rings. The van der Waals surface area contributed by atoms with E-state index in [0.717, 1.165) is 5.56 Å². The summed E-state index contributed by atoms with van der Waals surface area (Å²) < 4.78 is 1.75. The fourth-order valence-electron chi connectivity index (χ4n) is 0.944. The van der Waals surface area contributed by atoms with E-state index in [0.29, 0.717) is 12.5 Å².